The molecule has 3 rings (SSSR count). The molecule has 0 aliphatic rings. The normalized spacial score (nSPS) is 11.3. The number of rotatable bonds is 7. The second-order valence-electron chi connectivity index (χ2n) is 6.95. The van der Waals surface area contributed by atoms with Gasteiger partial charge in [-0.25, -0.2) is 8.42 Å². The zero-order valence-electron chi connectivity index (χ0n) is 17.1. The molecule has 3 aromatic rings. The molecule has 0 unspecified atom stereocenters. The second-order valence-corrected chi connectivity index (χ2v) is 10.5. The van der Waals surface area contributed by atoms with Crippen LogP contribution in [0.15, 0.2) is 88.7 Å². The summed E-state index contributed by atoms with van der Waals surface area (Å²) in [5, 5.41) is 3.16. The molecular weight excluding hydrogens is 416 g/mol. The zero-order chi connectivity index (χ0) is 21.7. The van der Waals surface area contributed by atoms with Crippen LogP contribution in [-0.2, 0) is 10.0 Å². The highest BCUT2D eigenvalue weighted by Gasteiger charge is 2.22. The van der Waals surface area contributed by atoms with Crippen molar-refractivity contribution in [2.45, 2.75) is 28.9 Å². The molecule has 0 aromatic heterocycles. The van der Waals surface area contributed by atoms with Gasteiger partial charge in [0.1, 0.15) is 0 Å². The highest BCUT2D eigenvalue weighted by Crippen LogP contribution is 2.28. The fraction of sp³-hybridized carbons (Fsp3) is 0.174. The van der Waals surface area contributed by atoms with Crippen LogP contribution in [0.25, 0.3) is 0 Å². The molecule has 0 atom stereocenters. The van der Waals surface area contributed by atoms with Crippen LogP contribution in [0.4, 0.5) is 11.4 Å². The third-order valence-corrected chi connectivity index (χ3v) is 7.23. The van der Waals surface area contributed by atoms with Gasteiger partial charge >= 0.3 is 0 Å². The molecule has 0 saturated heterocycles. The topological polar surface area (TPSA) is 66.5 Å². The first-order chi connectivity index (χ1) is 14.3. The number of para-hydroxylation sites is 1. The minimum atomic E-state index is -3.76. The molecule has 0 saturated carbocycles. The van der Waals surface area contributed by atoms with Gasteiger partial charge in [-0.15, -0.1) is 11.8 Å². The third kappa shape index (κ3) is 5.04. The van der Waals surface area contributed by atoms with E-state index in [1.165, 1.54) is 23.5 Å². The molecule has 5 nitrogen and oxygen atoms in total. The molecule has 156 valence electrons. The molecular formula is C23H24N2O3S2. The summed E-state index contributed by atoms with van der Waals surface area (Å²) in [6.45, 7) is 4.13. The van der Waals surface area contributed by atoms with Crippen LogP contribution in [-0.4, -0.2) is 26.6 Å². The number of carbonyl (C=O) groups excluding carboxylic acids is 1. The van der Waals surface area contributed by atoms with Crippen molar-refractivity contribution in [1.82, 2.24) is 0 Å². The van der Waals surface area contributed by atoms with Crippen molar-refractivity contribution in [3.63, 3.8) is 0 Å². The predicted molar refractivity (Wildman–Crippen MR) is 124 cm³/mol. The van der Waals surface area contributed by atoms with Crippen molar-refractivity contribution in [3.8, 4) is 0 Å². The molecule has 1 amide bonds. The summed E-state index contributed by atoms with van der Waals surface area (Å²) in [4.78, 5) is 13.8. The SMILES string of the molecule is CC(C)Sc1ccccc1C(=O)Nc1cccc(S(=O)(=O)N(C)c2ccccc2)c1. The number of nitrogens with one attached hydrogen (secondary N) is 1. The fourth-order valence-electron chi connectivity index (χ4n) is 2.88. The molecule has 3 aromatic carbocycles. The molecule has 0 fully saturated rings. The van der Waals surface area contributed by atoms with Gasteiger partial charge in [0, 0.05) is 22.9 Å². The third-order valence-electron chi connectivity index (χ3n) is 4.36. The summed E-state index contributed by atoms with van der Waals surface area (Å²) >= 11 is 1.61. The average molecular weight is 441 g/mol. The van der Waals surface area contributed by atoms with Crippen molar-refractivity contribution in [3.05, 3.63) is 84.4 Å². The number of hydrogen-bond donors (Lipinski definition) is 1. The Bertz CT molecular complexity index is 1130. The minimum Gasteiger partial charge on any atom is -0.322 e. The highest BCUT2D eigenvalue weighted by atomic mass is 32.2. The summed E-state index contributed by atoms with van der Waals surface area (Å²) in [5.74, 6) is -0.273. The van der Waals surface area contributed by atoms with E-state index in [4.69, 9.17) is 0 Å². The molecule has 1 N–H and O–H groups in total. The quantitative estimate of drug-likeness (QED) is 0.509. The Kier molecular flexibility index (Phi) is 6.84. The van der Waals surface area contributed by atoms with Crippen LogP contribution >= 0.6 is 11.8 Å². The van der Waals surface area contributed by atoms with E-state index in [0.717, 1.165) is 4.90 Å². The number of benzene rings is 3. The molecule has 0 spiro atoms. The van der Waals surface area contributed by atoms with E-state index in [9.17, 15) is 13.2 Å². The van der Waals surface area contributed by atoms with Gasteiger partial charge in [-0.3, -0.25) is 9.10 Å². The van der Waals surface area contributed by atoms with E-state index >= 15 is 0 Å². The van der Waals surface area contributed by atoms with Crippen LogP contribution in [0.2, 0.25) is 0 Å². The van der Waals surface area contributed by atoms with Crippen LogP contribution in [0.1, 0.15) is 24.2 Å². The summed E-state index contributed by atoms with van der Waals surface area (Å²) < 4.78 is 27.3. The lowest BCUT2D eigenvalue weighted by molar-refractivity contribution is 0.102. The second kappa shape index (κ2) is 9.36. The summed E-state index contributed by atoms with van der Waals surface area (Å²) in [6.07, 6.45) is 0. The average Bonchev–Trinajstić information content (AvgIpc) is 2.74. The Labute approximate surface area is 182 Å². The van der Waals surface area contributed by atoms with E-state index < -0.39 is 10.0 Å². The smallest absolute Gasteiger partial charge is 0.264 e. The van der Waals surface area contributed by atoms with Gasteiger partial charge in [-0.05, 0) is 42.5 Å². The minimum absolute atomic E-state index is 0.108. The van der Waals surface area contributed by atoms with Crippen molar-refractivity contribution in [1.29, 1.82) is 0 Å². The van der Waals surface area contributed by atoms with Gasteiger partial charge in [0.05, 0.1) is 16.1 Å². The molecule has 0 aliphatic heterocycles. The van der Waals surface area contributed by atoms with Crippen LogP contribution in [0.5, 0.6) is 0 Å². The standard InChI is InChI=1S/C23H24N2O3S2/c1-17(2)29-22-15-8-7-14-21(22)23(26)24-18-10-9-13-20(16-18)30(27,28)25(3)19-11-5-4-6-12-19/h4-17H,1-3H3,(H,24,26). The maximum atomic E-state index is 13.0. The number of amides is 1. The summed E-state index contributed by atoms with van der Waals surface area (Å²) in [6, 6.07) is 22.5. The first-order valence-electron chi connectivity index (χ1n) is 9.50. The summed E-state index contributed by atoms with van der Waals surface area (Å²) in [5.41, 5.74) is 1.55. The Morgan fingerprint density at radius 3 is 2.30 bits per heavy atom. The van der Waals surface area contributed by atoms with E-state index in [2.05, 4.69) is 19.2 Å². The van der Waals surface area contributed by atoms with Crippen LogP contribution < -0.4 is 9.62 Å². The van der Waals surface area contributed by atoms with Crippen LogP contribution in [0, 0.1) is 0 Å². The van der Waals surface area contributed by atoms with E-state index in [-0.39, 0.29) is 10.8 Å². The maximum Gasteiger partial charge on any atom is 0.264 e. The van der Waals surface area contributed by atoms with Crippen molar-refractivity contribution in [2.75, 3.05) is 16.7 Å². The molecule has 0 radical (unpaired) electrons. The first kappa shape index (κ1) is 21.9. The van der Waals surface area contributed by atoms with Crippen molar-refractivity contribution >= 4 is 39.1 Å². The van der Waals surface area contributed by atoms with Gasteiger partial charge in [0.15, 0.2) is 0 Å². The predicted octanol–water partition coefficient (Wildman–Crippen LogP) is 5.26. The van der Waals surface area contributed by atoms with Gasteiger partial charge in [-0.2, -0.15) is 0 Å². The Balaban J connectivity index is 1.85. The van der Waals surface area contributed by atoms with Crippen molar-refractivity contribution < 1.29 is 13.2 Å². The number of hydrogen-bond acceptors (Lipinski definition) is 4. The number of anilines is 2. The number of nitrogens with zero attached hydrogens (tertiary/aromatic N) is 1. The fourth-order valence-corrected chi connectivity index (χ4v) is 5.07. The molecule has 0 aliphatic carbocycles. The Morgan fingerprint density at radius 1 is 0.933 bits per heavy atom. The first-order valence-corrected chi connectivity index (χ1v) is 11.8. The lowest BCUT2D eigenvalue weighted by atomic mass is 10.2. The molecule has 0 heterocycles. The number of carbonyl (C=O) groups is 1. The maximum absolute atomic E-state index is 13.0. The largest absolute Gasteiger partial charge is 0.322 e. The van der Waals surface area contributed by atoms with Gasteiger partial charge < -0.3 is 5.32 Å². The van der Waals surface area contributed by atoms with Gasteiger partial charge in [0.2, 0.25) is 0 Å². The Hall–Kier alpha value is -2.77. The molecule has 30 heavy (non-hydrogen) atoms. The lowest BCUT2D eigenvalue weighted by Gasteiger charge is -2.20. The Morgan fingerprint density at radius 2 is 1.60 bits per heavy atom. The van der Waals surface area contributed by atoms with Crippen molar-refractivity contribution in [2.24, 2.45) is 0 Å². The molecule has 0 bridgehead atoms. The number of sulfonamides is 1. The monoisotopic (exact) mass is 440 g/mol. The summed E-state index contributed by atoms with van der Waals surface area (Å²) in [7, 11) is -2.25. The zero-order valence-corrected chi connectivity index (χ0v) is 18.7. The highest BCUT2D eigenvalue weighted by molar-refractivity contribution is 8.00. The van der Waals surface area contributed by atoms with E-state index in [0.29, 0.717) is 22.2 Å². The molecule has 7 heteroatoms. The van der Waals surface area contributed by atoms with E-state index in [1.807, 2.05) is 24.3 Å². The van der Waals surface area contributed by atoms with Gasteiger partial charge in [-0.1, -0.05) is 50.2 Å². The van der Waals surface area contributed by atoms with E-state index in [1.54, 1.807) is 54.2 Å². The lowest BCUT2D eigenvalue weighted by Crippen LogP contribution is -2.26. The number of thioether (sulfide) groups is 1. The van der Waals surface area contributed by atoms with Gasteiger partial charge in [0.25, 0.3) is 15.9 Å². The van der Waals surface area contributed by atoms with Crippen LogP contribution in [0.3, 0.4) is 0 Å².